The first-order valence-corrected chi connectivity index (χ1v) is 4.58. The SMILES string of the molecule is FC(F)(C(Cl)Cl)C1CCCC1. The van der Waals surface area contributed by atoms with E-state index in [0.29, 0.717) is 12.8 Å². The van der Waals surface area contributed by atoms with Gasteiger partial charge in [0.2, 0.25) is 0 Å². The standard InChI is InChI=1S/C7H10Cl2F2/c8-6(9)7(10,11)5-3-1-2-4-5/h5-6H,1-4H2. The number of rotatable bonds is 2. The molecule has 1 fully saturated rings. The van der Waals surface area contributed by atoms with Crippen LogP contribution in [0.2, 0.25) is 0 Å². The van der Waals surface area contributed by atoms with Crippen molar-refractivity contribution in [3.05, 3.63) is 0 Å². The molecule has 0 atom stereocenters. The van der Waals surface area contributed by atoms with Gasteiger partial charge < -0.3 is 0 Å². The van der Waals surface area contributed by atoms with Crippen LogP contribution >= 0.6 is 23.2 Å². The maximum absolute atomic E-state index is 13.0. The van der Waals surface area contributed by atoms with Crippen LogP contribution in [0.1, 0.15) is 25.7 Å². The van der Waals surface area contributed by atoms with E-state index < -0.39 is 16.7 Å². The summed E-state index contributed by atoms with van der Waals surface area (Å²) in [6.07, 6.45) is 2.87. The third-order valence-corrected chi connectivity index (χ3v) is 2.77. The Labute approximate surface area is 74.9 Å². The minimum Gasteiger partial charge on any atom is -0.203 e. The number of halogens is 4. The van der Waals surface area contributed by atoms with Gasteiger partial charge >= 0.3 is 0 Å². The summed E-state index contributed by atoms with van der Waals surface area (Å²) in [5.41, 5.74) is 0. The number of hydrogen-bond donors (Lipinski definition) is 0. The van der Waals surface area contributed by atoms with Gasteiger partial charge in [-0.3, -0.25) is 0 Å². The molecule has 1 aliphatic carbocycles. The van der Waals surface area contributed by atoms with Gasteiger partial charge in [0.05, 0.1) is 0 Å². The zero-order chi connectivity index (χ0) is 8.48. The Kier molecular flexibility index (Phi) is 2.98. The summed E-state index contributed by atoms with van der Waals surface area (Å²) in [6.45, 7) is 0. The summed E-state index contributed by atoms with van der Waals surface area (Å²) in [5.74, 6) is -3.48. The van der Waals surface area contributed by atoms with E-state index in [-0.39, 0.29) is 0 Å². The van der Waals surface area contributed by atoms with E-state index in [1.165, 1.54) is 0 Å². The third-order valence-electron chi connectivity index (χ3n) is 2.19. The van der Waals surface area contributed by atoms with Gasteiger partial charge in [0, 0.05) is 5.92 Å². The zero-order valence-corrected chi connectivity index (χ0v) is 7.51. The predicted octanol–water partition coefficient (Wildman–Crippen LogP) is 3.62. The van der Waals surface area contributed by atoms with Gasteiger partial charge in [-0.05, 0) is 12.8 Å². The van der Waals surface area contributed by atoms with E-state index in [1.54, 1.807) is 0 Å². The summed E-state index contributed by atoms with van der Waals surface area (Å²) < 4.78 is 26.0. The molecule has 11 heavy (non-hydrogen) atoms. The Morgan fingerprint density at radius 1 is 1.18 bits per heavy atom. The molecule has 0 saturated heterocycles. The summed E-state index contributed by atoms with van der Waals surface area (Å²) in [5, 5.41) is 0. The highest BCUT2D eigenvalue weighted by atomic mass is 35.5. The Hall–Kier alpha value is 0.440. The van der Waals surface area contributed by atoms with Crippen molar-refractivity contribution in [1.82, 2.24) is 0 Å². The Morgan fingerprint density at radius 2 is 1.64 bits per heavy atom. The molecule has 0 heterocycles. The minimum atomic E-state index is -2.89. The molecule has 66 valence electrons. The monoisotopic (exact) mass is 202 g/mol. The van der Waals surface area contributed by atoms with Crippen LogP contribution in [-0.4, -0.2) is 10.8 Å². The molecule has 0 N–H and O–H groups in total. The van der Waals surface area contributed by atoms with Crippen molar-refractivity contribution in [3.8, 4) is 0 Å². The smallest absolute Gasteiger partial charge is 0.203 e. The molecule has 1 aliphatic rings. The van der Waals surface area contributed by atoms with E-state index >= 15 is 0 Å². The molecule has 0 aliphatic heterocycles. The van der Waals surface area contributed by atoms with Crippen LogP contribution < -0.4 is 0 Å². The first-order valence-electron chi connectivity index (χ1n) is 3.71. The summed E-state index contributed by atoms with van der Waals surface area (Å²) >= 11 is 10.3. The van der Waals surface area contributed by atoms with Crippen LogP contribution in [0.4, 0.5) is 8.78 Å². The van der Waals surface area contributed by atoms with Crippen LogP contribution in [0.25, 0.3) is 0 Å². The van der Waals surface area contributed by atoms with E-state index in [4.69, 9.17) is 23.2 Å². The Balaban J connectivity index is 2.55. The maximum Gasteiger partial charge on any atom is 0.280 e. The second-order valence-corrected chi connectivity index (χ2v) is 4.05. The van der Waals surface area contributed by atoms with Crippen molar-refractivity contribution in [2.45, 2.75) is 36.4 Å². The average molecular weight is 203 g/mol. The number of alkyl halides is 4. The zero-order valence-electron chi connectivity index (χ0n) is 5.99. The lowest BCUT2D eigenvalue weighted by atomic mass is 10.0. The largest absolute Gasteiger partial charge is 0.280 e. The van der Waals surface area contributed by atoms with Gasteiger partial charge in [0.15, 0.2) is 4.84 Å². The van der Waals surface area contributed by atoms with Crippen LogP contribution in [0, 0.1) is 5.92 Å². The lowest BCUT2D eigenvalue weighted by Gasteiger charge is -2.23. The van der Waals surface area contributed by atoms with Gasteiger partial charge in [-0.1, -0.05) is 36.0 Å². The molecule has 0 nitrogen and oxygen atoms in total. The summed E-state index contributed by atoms with van der Waals surface area (Å²) in [7, 11) is 0. The fourth-order valence-electron chi connectivity index (χ4n) is 1.49. The predicted molar refractivity (Wildman–Crippen MR) is 42.4 cm³/mol. The Bertz CT molecular complexity index is 130. The molecule has 0 amide bonds. The molecule has 0 spiro atoms. The molecular weight excluding hydrogens is 193 g/mol. The van der Waals surface area contributed by atoms with Gasteiger partial charge in [0.25, 0.3) is 5.92 Å². The highest BCUT2D eigenvalue weighted by molar-refractivity contribution is 6.45. The van der Waals surface area contributed by atoms with Gasteiger partial charge in [-0.15, -0.1) is 0 Å². The van der Waals surface area contributed by atoms with E-state index in [2.05, 4.69) is 0 Å². The van der Waals surface area contributed by atoms with Crippen molar-refractivity contribution < 1.29 is 8.78 Å². The van der Waals surface area contributed by atoms with E-state index in [0.717, 1.165) is 12.8 Å². The van der Waals surface area contributed by atoms with Crippen molar-refractivity contribution in [3.63, 3.8) is 0 Å². The molecule has 0 aromatic rings. The fraction of sp³-hybridized carbons (Fsp3) is 1.00. The fourth-order valence-corrected chi connectivity index (χ4v) is 1.85. The molecule has 0 radical (unpaired) electrons. The lowest BCUT2D eigenvalue weighted by molar-refractivity contribution is -0.0422. The summed E-state index contributed by atoms with van der Waals surface area (Å²) in [6, 6.07) is 0. The normalized spacial score (nSPS) is 21.5. The third kappa shape index (κ3) is 1.97. The molecule has 1 saturated carbocycles. The molecular formula is C7H10Cl2F2. The average Bonchev–Trinajstić information content (AvgIpc) is 2.37. The molecule has 0 aromatic carbocycles. The molecule has 1 rings (SSSR count). The lowest BCUT2D eigenvalue weighted by Crippen LogP contribution is -2.33. The quantitative estimate of drug-likeness (QED) is 0.601. The van der Waals surface area contributed by atoms with E-state index in [9.17, 15) is 8.78 Å². The summed E-state index contributed by atoms with van der Waals surface area (Å²) in [4.78, 5) is -1.55. The topological polar surface area (TPSA) is 0 Å². The maximum atomic E-state index is 13.0. The molecule has 0 bridgehead atoms. The van der Waals surface area contributed by atoms with Gasteiger partial charge in [-0.2, -0.15) is 0 Å². The second-order valence-electron chi connectivity index (χ2n) is 2.96. The highest BCUT2D eigenvalue weighted by Crippen LogP contribution is 2.42. The first kappa shape index (κ1) is 9.53. The number of hydrogen-bond acceptors (Lipinski definition) is 0. The Morgan fingerprint density at radius 3 is 2.00 bits per heavy atom. The molecule has 4 heteroatoms. The van der Waals surface area contributed by atoms with E-state index in [1.807, 2.05) is 0 Å². The van der Waals surface area contributed by atoms with Crippen LogP contribution in [0.15, 0.2) is 0 Å². The van der Waals surface area contributed by atoms with Crippen molar-refractivity contribution in [2.75, 3.05) is 0 Å². The van der Waals surface area contributed by atoms with Crippen molar-refractivity contribution in [1.29, 1.82) is 0 Å². The van der Waals surface area contributed by atoms with Gasteiger partial charge in [0.1, 0.15) is 0 Å². The van der Waals surface area contributed by atoms with Crippen molar-refractivity contribution in [2.24, 2.45) is 5.92 Å². The van der Waals surface area contributed by atoms with Crippen LogP contribution in [0.5, 0.6) is 0 Å². The van der Waals surface area contributed by atoms with Crippen molar-refractivity contribution >= 4 is 23.2 Å². The van der Waals surface area contributed by atoms with Crippen LogP contribution in [-0.2, 0) is 0 Å². The minimum absolute atomic E-state index is 0.558. The highest BCUT2D eigenvalue weighted by Gasteiger charge is 2.46. The van der Waals surface area contributed by atoms with Gasteiger partial charge in [-0.25, -0.2) is 8.78 Å². The van der Waals surface area contributed by atoms with Crippen LogP contribution in [0.3, 0.4) is 0 Å². The molecule has 0 unspecified atom stereocenters. The molecule has 0 aromatic heterocycles. The first-order chi connectivity index (χ1) is 5.05. The second kappa shape index (κ2) is 3.44.